The van der Waals surface area contributed by atoms with Gasteiger partial charge in [0.1, 0.15) is 0 Å². The fourth-order valence-electron chi connectivity index (χ4n) is 3.25. The van der Waals surface area contributed by atoms with Gasteiger partial charge in [-0.25, -0.2) is 0 Å². The van der Waals surface area contributed by atoms with Gasteiger partial charge in [-0.05, 0) is 35.4 Å². The zero-order chi connectivity index (χ0) is 19.0. The monoisotopic (exact) mass is 386 g/mol. The van der Waals surface area contributed by atoms with Crippen LogP contribution >= 0.6 is 11.6 Å². The number of carbonyl (C=O) groups is 1. The lowest BCUT2D eigenvalue weighted by Crippen LogP contribution is -2.40. The molecule has 0 aliphatic carbocycles. The minimum absolute atomic E-state index is 0.00148. The third-order valence-corrected chi connectivity index (χ3v) is 5.02. The van der Waals surface area contributed by atoms with Crippen molar-refractivity contribution in [3.63, 3.8) is 0 Å². The Bertz CT molecular complexity index is 991. The molecule has 2 heterocycles. The summed E-state index contributed by atoms with van der Waals surface area (Å²) >= 11 is 6.32. The molecule has 1 aliphatic heterocycles. The highest BCUT2D eigenvalue weighted by atomic mass is 35.5. The van der Waals surface area contributed by atoms with Gasteiger partial charge in [0, 0.05) is 18.7 Å². The summed E-state index contributed by atoms with van der Waals surface area (Å²) in [5.41, 5.74) is 8.32. The van der Waals surface area contributed by atoms with Gasteiger partial charge in [0.05, 0.1) is 30.2 Å². The first kappa shape index (κ1) is 17.9. The molecular formula is C20H19ClN2O4. The first-order chi connectivity index (χ1) is 13.1. The molecule has 7 heteroatoms. The Morgan fingerprint density at radius 2 is 1.85 bits per heavy atom. The van der Waals surface area contributed by atoms with Gasteiger partial charge in [-0.1, -0.05) is 23.7 Å². The summed E-state index contributed by atoms with van der Waals surface area (Å²) in [5.74, 6) is 0.310. The predicted octanol–water partition coefficient (Wildman–Crippen LogP) is 3.39. The Labute approximate surface area is 161 Å². The van der Waals surface area contributed by atoms with Crippen molar-refractivity contribution in [2.75, 3.05) is 26.3 Å². The van der Waals surface area contributed by atoms with Gasteiger partial charge >= 0.3 is 0 Å². The summed E-state index contributed by atoms with van der Waals surface area (Å²) in [4.78, 5) is 14.3. The van der Waals surface area contributed by atoms with E-state index in [1.807, 2.05) is 12.1 Å². The van der Waals surface area contributed by atoms with Crippen LogP contribution in [-0.4, -0.2) is 42.2 Å². The fraction of sp³-hybridized carbons (Fsp3) is 0.250. The third-order valence-electron chi connectivity index (χ3n) is 4.74. The summed E-state index contributed by atoms with van der Waals surface area (Å²) in [6, 6.07) is 10.9. The normalized spacial score (nSPS) is 14.7. The Hall–Kier alpha value is -2.54. The van der Waals surface area contributed by atoms with Crippen molar-refractivity contribution in [2.45, 2.75) is 6.54 Å². The number of rotatable bonds is 3. The molecule has 140 valence electrons. The number of halogens is 1. The number of fused-ring (bicyclic) bond motifs is 1. The number of ether oxygens (including phenoxy) is 1. The van der Waals surface area contributed by atoms with E-state index in [-0.39, 0.29) is 18.2 Å². The van der Waals surface area contributed by atoms with Gasteiger partial charge in [-0.3, -0.25) is 4.79 Å². The molecule has 6 nitrogen and oxygen atoms in total. The van der Waals surface area contributed by atoms with Gasteiger partial charge in [0.25, 0.3) is 5.91 Å². The molecule has 0 spiro atoms. The van der Waals surface area contributed by atoms with Gasteiger partial charge in [0.15, 0.2) is 17.1 Å². The second-order valence-corrected chi connectivity index (χ2v) is 6.80. The molecule has 0 radical (unpaired) electrons. The van der Waals surface area contributed by atoms with Crippen molar-refractivity contribution in [3.05, 3.63) is 52.7 Å². The quantitative estimate of drug-likeness (QED) is 0.720. The number of furan rings is 1. The summed E-state index contributed by atoms with van der Waals surface area (Å²) in [7, 11) is 0. The maximum atomic E-state index is 12.5. The summed E-state index contributed by atoms with van der Waals surface area (Å²) in [6.45, 7) is 2.44. The van der Waals surface area contributed by atoms with Crippen LogP contribution in [0.5, 0.6) is 5.75 Å². The van der Waals surface area contributed by atoms with Crippen LogP contribution < -0.4 is 5.73 Å². The van der Waals surface area contributed by atoms with Crippen LogP contribution in [0.2, 0.25) is 5.02 Å². The second-order valence-electron chi connectivity index (χ2n) is 6.39. The SMILES string of the molecule is NCc1oc2c(Cl)cc(-c3ccc(C(=O)N4CCOCC4)cc3)cc2c1O. The van der Waals surface area contributed by atoms with E-state index in [2.05, 4.69) is 0 Å². The Balaban J connectivity index is 1.65. The zero-order valence-electron chi connectivity index (χ0n) is 14.6. The number of morpholine rings is 1. The molecule has 0 bridgehead atoms. The lowest BCUT2D eigenvalue weighted by atomic mass is 10.0. The number of amides is 1. The van der Waals surface area contributed by atoms with E-state index < -0.39 is 0 Å². The maximum absolute atomic E-state index is 12.5. The van der Waals surface area contributed by atoms with Crippen LogP contribution in [0, 0.1) is 0 Å². The molecule has 1 fully saturated rings. The van der Waals surface area contributed by atoms with E-state index in [0.717, 1.165) is 11.1 Å². The average Bonchev–Trinajstić information content (AvgIpc) is 3.05. The molecule has 3 N–H and O–H groups in total. The highest BCUT2D eigenvalue weighted by molar-refractivity contribution is 6.35. The Morgan fingerprint density at radius 1 is 1.15 bits per heavy atom. The van der Waals surface area contributed by atoms with Crippen molar-refractivity contribution in [2.24, 2.45) is 5.73 Å². The third kappa shape index (κ3) is 3.27. The van der Waals surface area contributed by atoms with E-state index in [0.29, 0.717) is 53.6 Å². The number of nitrogens with two attached hydrogens (primary N) is 1. The molecule has 1 aromatic heterocycles. The van der Waals surface area contributed by atoms with Crippen LogP contribution in [0.4, 0.5) is 0 Å². The number of carbonyl (C=O) groups excluding carboxylic acids is 1. The van der Waals surface area contributed by atoms with E-state index in [4.69, 9.17) is 26.5 Å². The summed E-state index contributed by atoms with van der Waals surface area (Å²) in [5, 5.41) is 11.2. The van der Waals surface area contributed by atoms with Crippen molar-refractivity contribution in [3.8, 4) is 16.9 Å². The van der Waals surface area contributed by atoms with Gasteiger partial charge in [-0.15, -0.1) is 0 Å². The van der Waals surface area contributed by atoms with Crippen LogP contribution in [0.1, 0.15) is 16.1 Å². The first-order valence-corrected chi connectivity index (χ1v) is 9.07. The summed E-state index contributed by atoms with van der Waals surface area (Å²) < 4.78 is 10.8. The van der Waals surface area contributed by atoms with Crippen LogP contribution in [0.15, 0.2) is 40.8 Å². The van der Waals surface area contributed by atoms with Gasteiger partial charge in [-0.2, -0.15) is 0 Å². The van der Waals surface area contributed by atoms with Crippen molar-refractivity contribution >= 4 is 28.5 Å². The number of hydrogen-bond acceptors (Lipinski definition) is 5. The average molecular weight is 387 g/mol. The molecule has 3 aromatic rings. The van der Waals surface area contributed by atoms with Crippen LogP contribution in [-0.2, 0) is 11.3 Å². The smallest absolute Gasteiger partial charge is 0.254 e. The minimum Gasteiger partial charge on any atom is -0.504 e. The largest absolute Gasteiger partial charge is 0.504 e. The van der Waals surface area contributed by atoms with E-state index >= 15 is 0 Å². The highest BCUT2D eigenvalue weighted by Crippen LogP contribution is 2.39. The van der Waals surface area contributed by atoms with Crippen molar-refractivity contribution in [1.29, 1.82) is 0 Å². The molecule has 4 rings (SSSR count). The lowest BCUT2D eigenvalue weighted by Gasteiger charge is -2.26. The van der Waals surface area contributed by atoms with Gasteiger partial charge in [0.2, 0.25) is 0 Å². The molecule has 1 saturated heterocycles. The second kappa shape index (κ2) is 7.23. The molecule has 0 unspecified atom stereocenters. The maximum Gasteiger partial charge on any atom is 0.254 e. The Kier molecular flexibility index (Phi) is 4.78. The molecule has 1 amide bonds. The predicted molar refractivity (Wildman–Crippen MR) is 103 cm³/mol. The molecule has 1 aliphatic rings. The first-order valence-electron chi connectivity index (χ1n) is 8.70. The van der Waals surface area contributed by atoms with E-state index in [1.165, 1.54) is 0 Å². The number of nitrogens with zero attached hydrogens (tertiary/aromatic N) is 1. The number of hydrogen-bond donors (Lipinski definition) is 2. The van der Waals surface area contributed by atoms with Crippen LogP contribution in [0.3, 0.4) is 0 Å². The molecule has 0 saturated carbocycles. The fourth-order valence-corrected chi connectivity index (χ4v) is 3.51. The number of benzene rings is 2. The minimum atomic E-state index is -0.00148. The van der Waals surface area contributed by atoms with Crippen molar-refractivity contribution < 1.29 is 19.1 Å². The Morgan fingerprint density at radius 3 is 2.52 bits per heavy atom. The standard InChI is InChI=1S/C20H19ClN2O4/c21-16-10-14(9-15-18(24)17(11-22)27-19(15)16)12-1-3-13(4-2-12)20(25)23-5-7-26-8-6-23/h1-4,9-10,24H,5-8,11,22H2. The molecular weight excluding hydrogens is 368 g/mol. The lowest BCUT2D eigenvalue weighted by molar-refractivity contribution is 0.0303. The molecule has 27 heavy (non-hydrogen) atoms. The van der Waals surface area contributed by atoms with Crippen molar-refractivity contribution in [1.82, 2.24) is 4.90 Å². The van der Waals surface area contributed by atoms with E-state index in [9.17, 15) is 9.90 Å². The van der Waals surface area contributed by atoms with E-state index in [1.54, 1.807) is 29.2 Å². The number of aromatic hydroxyl groups is 1. The molecule has 0 atom stereocenters. The molecule has 2 aromatic carbocycles. The summed E-state index contributed by atoms with van der Waals surface area (Å²) in [6.07, 6.45) is 0. The highest BCUT2D eigenvalue weighted by Gasteiger charge is 2.19. The zero-order valence-corrected chi connectivity index (χ0v) is 15.3. The topological polar surface area (TPSA) is 88.9 Å². The van der Waals surface area contributed by atoms with Crippen LogP contribution in [0.25, 0.3) is 22.1 Å². The van der Waals surface area contributed by atoms with Gasteiger partial charge < -0.3 is 24.9 Å².